The Balaban J connectivity index is 1.62. The van der Waals surface area contributed by atoms with Gasteiger partial charge in [-0.25, -0.2) is 4.98 Å². The zero-order valence-corrected chi connectivity index (χ0v) is 16.5. The van der Waals surface area contributed by atoms with Crippen LogP contribution in [0.3, 0.4) is 0 Å². The molecule has 0 saturated heterocycles. The Bertz CT molecular complexity index is 945. The second-order valence-electron chi connectivity index (χ2n) is 7.37. The summed E-state index contributed by atoms with van der Waals surface area (Å²) in [6.45, 7) is 6.43. The predicted molar refractivity (Wildman–Crippen MR) is 112 cm³/mol. The first kappa shape index (κ1) is 19.9. The Kier molecular flexibility index (Phi) is 6.66. The van der Waals surface area contributed by atoms with Crippen molar-refractivity contribution >= 4 is 5.95 Å². The van der Waals surface area contributed by atoms with Crippen molar-refractivity contribution in [2.24, 2.45) is 5.92 Å². The van der Waals surface area contributed by atoms with E-state index in [1.54, 1.807) is 12.3 Å². The molecule has 2 heterocycles. The monoisotopic (exact) mass is 380 g/mol. The van der Waals surface area contributed by atoms with Crippen LogP contribution in [0.25, 0.3) is 11.3 Å². The maximum Gasteiger partial charge on any atom is 0.255 e. The van der Waals surface area contributed by atoms with E-state index in [0.29, 0.717) is 25.4 Å². The lowest BCUT2D eigenvalue weighted by Gasteiger charge is -2.12. The lowest BCUT2D eigenvalue weighted by atomic mass is 10.0. The molecular formula is C22H28N4O2. The van der Waals surface area contributed by atoms with Crippen molar-refractivity contribution in [1.29, 1.82) is 0 Å². The molecule has 2 aromatic heterocycles. The van der Waals surface area contributed by atoms with Gasteiger partial charge in [0.15, 0.2) is 0 Å². The number of nitrogens with one attached hydrogen (secondary N) is 1. The molecule has 148 valence electrons. The van der Waals surface area contributed by atoms with Crippen LogP contribution in [0.4, 0.5) is 5.95 Å². The van der Waals surface area contributed by atoms with Crippen LogP contribution in [0.5, 0.6) is 0 Å². The summed E-state index contributed by atoms with van der Waals surface area (Å²) in [7, 11) is 0. The van der Waals surface area contributed by atoms with Gasteiger partial charge < -0.3 is 15.5 Å². The number of anilines is 1. The van der Waals surface area contributed by atoms with E-state index in [2.05, 4.69) is 36.3 Å². The van der Waals surface area contributed by atoms with Crippen LogP contribution in [0, 0.1) is 5.92 Å². The Morgan fingerprint density at radius 3 is 2.75 bits per heavy atom. The molecule has 3 aromatic rings. The first-order valence-corrected chi connectivity index (χ1v) is 9.72. The van der Waals surface area contributed by atoms with Gasteiger partial charge in [-0.05, 0) is 49.1 Å². The van der Waals surface area contributed by atoms with Crippen LogP contribution in [-0.4, -0.2) is 22.6 Å². The molecule has 1 aromatic carbocycles. The summed E-state index contributed by atoms with van der Waals surface area (Å²) in [5.41, 5.74) is 8.86. The lowest BCUT2D eigenvalue weighted by Crippen LogP contribution is -2.31. The molecule has 0 radical (unpaired) electrons. The fourth-order valence-electron chi connectivity index (χ4n) is 3.10. The quantitative estimate of drug-likeness (QED) is 0.557. The fraction of sp³-hybridized carbons (Fsp3) is 0.364. The number of nitrogens with two attached hydrogens (primary N) is 1. The molecule has 28 heavy (non-hydrogen) atoms. The normalized spacial score (nSPS) is 11.2. The third-order valence-electron chi connectivity index (χ3n) is 4.56. The van der Waals surface area contributed by atoms with Gasteiger partial charge in [-0.2, -0.15) is 0 Å². The van der Waals surface area contributed by atoms with E-state index in [4.69, 9.17) is 10.2 Å². The van der Waals surface area contributed by atoms with E-state index in [0.717, 1.165) is 35.5 Å². The van der Waals surface area contributed by atoms with Crippen molar-refractivity contribution < 1.29 is 4.42 Å². The van der Waals surface area contributed by atoms with Gasteiger partial charge in [0.05, 0.1) is 12.0 Å². The second kappa shape index (κ2) is 9.37. The van der Waals surface area contributed by atoms with Gasteiger partial charge in [0, 0.05) is 24.7 Å². The van der Waals surface area contributed by atoms with Gasteiger partial charge in [0.1, 0.15) is 5.76 Å². The van der Waals surface area contributed by atoms with Gasteiger partial charge in [-0.15, -0.1) is 0 Å². The minimum atomic E-state index is -0.0989. The topological polar surface area (TPSA) is 86.1 Å². The SMILES string of the molecule is CC(C)CNCCn1c(N)nc(CCc2cccc(-c3ccco3)c2)cc1=O. The summed E-state index contributed by atoms with van der Waals surface area (Å²) in [4.78, 5) is 16.8. The van der Waals surface area contributed by atoms with E-state index in [1.807, 2.05) is 24.3 Å². The third-order valence-corrected chi connectivity index (χ3v) is 4.56. The van der Waals surface area contributed by atoms with Gasteiger partial charge in [0.25, 0.3) is 5.56 Å². The maximum absolute atomic E-state index is 12.4. The molecule has 0 aliphatic heterocycles. The fourth-order valence-corrected chi connectivity index (χ4v) is 3.10. The molecule has 0 atom stereocenters. The molecule has 0 aliphatic carbocycles. The van der Waals surface area contributed by atoms with E-state index >= 15 is 0 Å². The number of benzene rings is 1. The molecule has 0 bridgehead atoms. The predicted octanol–water partition coefficient (Wildman–Crippen LogP) is 3.12. The first-order chi connectivity index (χ1) is 13.5. The van der Waals surface area contributed by atoms with Crippen LogP contribution in [0.1, 0.15) is 25.1 Å². The number of aromatic nitrogens is 2. The number of rotatable bonds is 9. The highest BCUT2D eigenvalue weighted by molar-refractivity contribution is 5.58. The summed E-state index contributed by atoms with van der Waals surface area (Å²) in [6.07, 6.45) is 3.11. The van der Waals surface area contributed by atoms with Gasteiger partial charge in [0.2, 0.25) is 5.95 Å². The summed E-state index contributed by atoms with van der Waals surface area (Å²) in [6, 6.07) is 13.6. The summed E-state index contributed by atoms with van der Waals surface area (Å²) in [5.74, 6) is 1.69. The van der Waals surface area contributed by atoms with Crippen molar-refractivity contribution in [3.05, 3.63) is 70.3 Å². The summed E-state index contributed by atoms with van der Waals surface area (Å²) in [5, 5.41) is 3.32. The average molecular weight is 380 g/mol. The number of nitrogen functional groups attached to an aromatic ring is 1. The van der Waals surface area contributed by atoms with E-state index < -0.39 is 0 Å². The maximum atomic E-state index is 12.4. The third kappa shape index (κ3) is 5.33. The van der Waals surface area contributed by atoms with Gasteiger partial charge >= 0.3 is 0 Å². The van der Waals surface area contributed by atoms with Gasteiger partial charge in [-0.3, -0.25) is 9.36 Å². The number of furan rings is 1. The highest BCUT2D eigenvalue weighted by Crippen LogP contribution is 2.21. The molecule has 0 spiro atoms. The van der Waals surface area contributed by atoms with Crippen LogP contribution >= 0.6 is 0 Å². The standard InChI is InChI=1S/C22H28N4O2/c1-16(2)15-24-10-11-26-21(27)14-19(25-22(26)23)9-8-17-5-3-6-18(13-17)20-7-4-12-28-20/h3-7,12-14,16,24H,8-11,15H2,1-2H3,(H2,23,25). The summed E-state index contributed by atoms with van der Waals surface area (Å²) < 4.78 is 6.98. The van der Waals surface area contributed by atoms with Crippen LogP contribution < -0.4 is 16.6 Å². The minimum Gasteiger partial charge on any atom is -0.464 e. The van der Waals surface area contributed by atoms with Crippen LogP contribution in [0.15, 0.2) is 57.9 Å². The number of aryl methyl sites for hydroxylation is 2. The van der Waals surface area contributed by atoms with Crippen molar-refractivity contribution in [1.82, 2.24) is 14.9 Å². The molecule has 0 amide bonds. The molecule has 3 N–H and O–H groups in total. The highest BCUT2D eigenvalue weighted by Gasteiger charge is 2.07. The largest absolute Gasteiger partial charge is 0.464 e. The van der Waals surface area contributed by atoms with Crippen molar-refractivity contribution in [2.75, 3.05) is 18.8 Å². The smallest absolute Gasteiger partial charge is 0.255 e. The van der Waals surface area contributed by atoms with E-state index in [9.17, 15) is 4.79 Å². The Morgan fingerprint density at radius 2 is 2.04 bits per heavy atom. The Morgan fingerprint density at radius 1 is 1.18 bits per heavy atom. The Hall–Kier alpha value is -2.86. The lowest BCUT2D eigenvalue weighted by molar-refractivity contribution is 0.519. The van der Waals surface area contributed by atoms with Crippen molar-refractivity contribution in [3.8, 4) is 11.3 Å². The average Bonchev–Trinajstić information content (AvgIpc) is 3.20. The van der Waals surface area contributed by atoms with Gasteiger partial charge in [-0.1, -0.05) is 32.0 Å². The minimum absolute atomic E-state index is 0.0989. The molecule has 0 saturated carbocycles. The summed E-state index contributed by atoms with van der Waals surface area (Å²) >= 11 is 0. The molecular weight excluding hydrogens is 352 g/mol. The van der Waals surface area contributed by atoms with Crippen molar-refractivity contribution in [2.45, 2.75) is 33.2 Å². The molecule has 0 fully saturated rings. The zero-order valence-electron chi connectivity index (χ0n) is 16.5. The highest BCUT2D eigenvalue weighted by atomic mass is 16.3. The zero-order chi connectivity index (χ0) is 19.9. The van der Waals surface area contributed by atoms with Crippen LogP contribution in [0.2, 0.25) is 0 Å². The van der Waals surface area contributed by atoms with Crippen molar-refractivity contribution in [3.63, 3.8) is 0 Å². The second-order valence-corrected chi connectivity index (χ2v) is 7.37. The first-order valence-electron chi connectivity index (χ1n) is 9.72. The molecule has 6 heteroatoms. The molecule has 0 unspecified atom stereocenters. The molecule has 6 nitrogen and oxygen atoms in total. The number of hydrogen-bond donors (Lipinski definition) is 2. The van der Waals surface area contributed by atoms with Crippen LogP contribution in [-0.2, 0) is 19.4 Å². The number of hydrogen-bond acceptors (Lipinski definition) is 5. The number of nitrogens with zero attached hydrogens (tertiary/aromatic N) is 2. The van der Waals surface area contributed by atoms with E-state index in [-0.39, 0.29) is 11.5 Å². The molecule has 3 rings (SSSR count). The van der Waals surface area contributed by atoms with E-state index in [1.165, 1.54) is 4.57 Å². The molecule has 0 aliphatic rings. The Labute approximate surface area is 165 Å².